The third-order valence-electron chi connectivity index (χ3n) is 15.5. The molecule has 548 valence electrons. The first-order chi connectivity index (χ1) is 45.5. The van der Waals surface area contributed by atoms with Gasteiger partial charge in [-0.3, -0.25) is 72.5 Å². The van der Waals surface area contributed by atoms with Crippen LogP contribution in [0.25, 0.3) is 0 Å². The molecule has 0 fully saturated rings. The Labute approximate surface area is 562 Å². The fourth-order valence-electron chi connectivity index (χ4n) is 9.78. The fraction of sp³-hybridized carbons (Fsp3) is 0.754. The molecule has 0 aromatic rings. The largest absolute Gasteiger partial charge is 0.481 e. The van der Waals surface area contributed by atoms with Crippen molar-refractivity contribution in [3.8, 4) is 0 Å². The Kier molecular flexibility index (Phi) is 47.0. The third-order valence-corrected chi connectivity index (χ3v) is 15.5. The van der Waals surface area contributed by atoms with E-state index in [9.17, 15) is 72.9 Å². The van der Waals surface area contributed by atoms with Gasteiger partial charge in [0.15, 0.2) is 17.9 Å². The first-order valence-corrected chi connectivity index (χ1v) is 33.4. The summed E-state index contributed by atoms with van der Waals surface area (Å²) in [6, 6.07) is -13.8. The summed E-state index contributed by atoms with van der Waals surface area (Å²) in [7, 11) is 0. The SMILES string of the molecule is CCCCCCCCCCCCCCCC(=O)N[C@@H](CCCN=C(N)N)C(=O)N[C@@H](CCC(=O)O)C(=O)N[C@@H](CCCCN)C(=O)N[C@@H](CCCN=C(N)N)C(=O)N[C@@H](CCCN=C(N)N)C(=O)N[C@@H](CO)C(=O)N[C@@H](C)C(=O)N[C@@H](CC(=O)O)C(=O)N[C@H](C(N)=O)[C@@H](C)CC. The number of aliphatic hydroxyl groups is 1. The van der Waals surface area contributed by atoms with E-state index in [0.29, 0.717) is 19.3 Å². The number of carbonyl (C=O) groups excluding carboxylic acids is 10. The molecule has 10 amide bonds. The molecule has 0 aliphatic heterocycles. The van der Waals surface area contributed by atoms with Crippen LogP contribution in [0, 0.1) is 5.92 Å². The zero-order valence-electron chi connectivity index (χ0n) is 56.6. The molecule has 0 aromatic carbocycles. The van der Waals surface area contributed by atoms with Crippen molar-refractivity contribution in [1.29, 1.82) is 0 Å². The second-order valence-corrected chi connectivity index (χ2v) is 23.8. The smallest absolute Gasteiger partial charge is 0.305 e. The number of unbranched alkanes of at least 4 members (excludes halogenated alkanes) is 13. The number of carbonyl (C=O) groups is 12. The number of carboxylic acid groups (broad SMARTS) is 2. The van der Waals surface area contributed by atoms with E-state index in [1.54, 1.807) is 13.8 Å². The highest BCUT2D eigenvalue weighted by atomic mass is 16.4. The van der Waals surface area contributed by atoms with Crippen LogP contribution in [-0.4, -0.2) is 191 Å². The van der Waals surface area contributed by atoms with Crippen molar-refractivity contribution in [3.05, 3.63) is 0 Å². The molecule has 96 heavy (non-hydrogen) atoms. The minimum atomic E-state index is -1.83. The van der Waals surface area contributed by atoms with Gasteiger partial charge in [-0.15, -0.1) is 0 Å². The molecule has 0 saturated heterocycles. The molecule has 0 saturated carbocycles. The predicted octanol–water partition coefficient (Wildman–Crippen LogP) is -3.00. The average molecular weight is 1370 g/mol. The monoisotopic (exact) mass is 1370 g/mol. The minimum absolute atomic E-state index is 0.00697. The summed E-state index contributed by atoms with van der Waals surface area (Å²) in [5.74, 6) is -13.7. The number of carboxylic acids is 2. The summed E-state index contributed by atoms with van der Waals surface area (Å²) >= 11 is 0. The van der Waals surface area contributed by atoms with Gasteiger partial charge in [0, 0.05) is 32.5 Å². The quantitative estimate of drug-likeness (QED) is 0.0164. The van der Waals surface area contributed by atoms with E-state index < -0.39 is 157 Å². The third kappa shape index (κ3) is 41.3. The summed E-state index contributed by atoms with van der Waals surface area (Å²) in [5.41, 5.74) is 44.4. The second kappa shape index (κ2) is 51.7. The number of rotatable bonds is 56. The van der Waals surface area contributed by atoms with E-state index in [1.165, 1.54) is 44.9 Å². The molecule has 0 aromatic heterocycles. The summed E-state index contributed by atoms with van der Waals surface area (Å²) in [6.07, 6.45) is 13.0. The second-order valence-electron chi connectivity index (χ2n) is 23.8. The molecule has 28 N–H and O–H groups in total. The van der Waals surface area contributed by atoms with Gasteiger partial charge in [0.1, 0.15) is 54.4 Å². The maximum Gasteiger partial charge on any atom is 0.305 e. The van der Waals surface area contributed by atoms with Gasteiger partial charge in [-0.25, -0.2) is 0 Å². The summed E-state index contributed by atoms with van der Waals surface area (Å²) in [4.78, 5) is 172. The Morgan fingerprint density at radius 1 is 0.375 bits per heavy atom. The molecular formula is C61H114N20O15. The Bertz CT molecular complexity index is 2510. The van der Waals surface area contributed by atoms with Gasteiger partial charge >= 0.3 is 11.9 Å². The van der Waals surface area contributed by atoms with Gasteiger partial charge in [0.2, 0.25) is 59.1 Å². The maximum atomic E-state index is 14.5. The number of primary amides is 1. The molecule has 0 unspecified atom stereocenters. The molecule has 0 radical (unpaired) electrons. The Hall–Kier alpha value is -8.63. The highest BCUT2D eigenvalue weighted by Crippen LogP contribution is 2.15. The van der Waals surface area contributed by atoms with Crippen LogP contribution < -0.4 is 93.7 Å². The first-order valence-electron chi connectivity index (χ1n) is 33.4. The summed E-state index contributed by atoms with van der Waals surface area (Å²) in [5, 5.41) is 51.7. The van der Waals surface area contributed by atoms with Gasteiger partial charge in [0.05, 0.1) is 13.0 Å². The highest BCUT2D eigenvalue weighted by molar-refractivity contribution is 5.99. The molecule has 0 aliphatic rings. The first kappa shape index (κ1) is 87.4. The van der Waals surface area contributed by atoms with Crippen LogP contribution in [0.15, 0.2) is 15.0 Å². The molecule has 0 aliphatic carbocycles. The van der Waals surface area contributed by atoms with Crippen LogP contribution in [0.4, 0.5) is 0 Å². The fourth-order valence-corrected chi connectivity index (χ4v) is 9.78. The number of guanidine groups is 3. The van der Waals surface area contributed by atoms with Crippen LogP contribution in [0.1, 0.15) is 201 Å². The maximum absolute atomic E-state index is 14.5. The summed E-state index contributed by atoms with van der Waals surface area (Å²) in [6.45, 7) is 5.70. The molecule has 0 heterocycles. The number of amides is 10. The van der Waals surface area contributed by atoms with Crippen molar-refractivity contribution < 1.29 is 72.9 Å². The van der Waals surface area contributed by atoms with Crippen LogP contribution in [-0.2, 0) is 57.5 Å². The van der Waals surface area contributed by atoms with Gasteiger partial charge in [0.25, 0.3) is 0 Å². The van der Waals surface area contributed by atoms with E-state index in [-0.39, 0.29) is 102 Å². The zero-order chi connectivity index (χ0) is 72.5. The molecule has 0 bridgehead atoms. The van der Waals surface area contributed by atoms with E-state index in [0.717, 1.165) is 39.0 Å². The van der Waals surface area contributed by atoms with Crippen molar-refractivity contribution in [3.63, 3.8) is 0 Å². The van der Waals surface area contributed by atoms with E-state index in [2.05, 4.69) is 69.8 Å². The van der Waals surface area contributed by atoms with E-state index >= 15 is 0 Å². The number of nitrogens with one attached hydrogen (secondary N) is 9. The zero-order valence-corrected chi connectivity index (χ0v) is 56.6. The van der Waals surface area contributed by atoms with Crippen LogP contribution in [0.2, 0.25) is 0 Å². The molecule has 35 heteroatoms. The Balaban J connectivity index is 6.82. The predicted molar refractivity (Wildman–Crippen MR) is 361 cm³/mol. The van der Waals surface area contributed by atoms with Crippen molar-refractivity contribution in [2.75, 3.05) is 32.8 Å². The topological polar surface area (TPSA) is 619 Å². The normalized spacial score (nSPS) is 14.1. The Morgan fingerprint density at radius 2 is 0.729 bits per heavy atom. The number of aliphatic carboxylic acids is 2. The highest BCUT2D eigenvalue weighted by Gasteiger charge is 2.36. The van der Waals surface area contributed by atoms with Gasteiger partial charge in [-0.1, -0.05) is 104 Å². The lowest BCUT2D eigenvalue weighted by molar-refractivity contribution is -0.141. The molecular weight excluding hydrogens is 1250 g/mol. The van der Waals surface area contributed by atoms with Gasteiger partial charge in [-0.2, -0.15) is 0 Å². The molecule has 35 nitrogen and oxygen atoms in total. The Morgan fingerprint density at radius 3 is 1.09 bits per heavy atom. The van der Waals surface area contributed by atoms with Crippen molar-refractivity contribution in [2.45, 2.75) is 255 Å². The lowest BCUT2D eigenvalue weighted by Crippen LogP contribution is -2.61. The lowest BCUT2D eigenvalue weighted by atomic mass is 9.98. The van der Waals surface area contributed by atoms with Crippen LogP contribution in [0.5, 0.6) is 0 Å². The van der Waals surface area contributed by atoms with Crippen LogP contribution in [0.3, 0.4) is 0 Å². The van der Waals surface area contributed by atoms with Crippen LogP contribution >= 0.6 is 0 Å². The minimum Gasteiger partial charge on any atom is -0.481 e. The average Bonchev–Trinajstić information content (AvgIpc) is 1.13. The number of nitrogens with zero attached hydrogens (tertiary/aromatic N) is 3. The summed E-state index contributed by atoms with van der Waals surface area (Å²) < 4.78 is 0. The number of nitrogens with two attached hydrogens (primary N) is 8. The standard InChI is InChI=1S/C61H114N20O15/c1-5-7-8-9-10-11-12-13-14-15-16-17-18-28-46(83)74-39(25-21-32-70-59(64)65)52(90)78-43(29-30-47(84)85)56(94)75-40(24-19-20-31-62)53(91)76-41(26-22-33-71-60(66)67)54(92)77-42(27-23-34-72-61(68)69)55(93)80-45(36-82)58(96)73-38(4)51(89)79-44(35-48(86)87)57(95)81-49(50(63)88)37(3)6-2/h37-45,49,82H,5-36,62H2,1-4H3,(H2,63,88)(H,73,96)(H,74,83)(H,75,94)(H,76,91)(H,77,92)(H,78,90)(H,79,89)(H,80,93)(H,81,95)(H,84,85)(H,86,87)(H4,64,65,70)(H4,66,67,71)(H4,68,69,72)/t37-,38-,39-,40-,41-,42-,43-,44-,45-,49-/m0/s1. The van der Waals surface area contributed by atoms with Gasteiger partial charge in [-0.05, 0) is 90.0 Å². The number of aliphatic imine (C=N–C) groups is 3. The van der Waals surface area contributed by atoms with Crippen molar-refractivity contribution in [2.24, 2.45) is 66.8 Å². The number of hydrogen-bond donors (Lipinski definition) is 20. The molecule has 0 rings (SSSR count). The van der Waals surface area contributed by atoms with Gasteiger partial charge < -0.3 is 109 Å². The van der Waals surface area contributed by atoms with E-state index in [4.69, 9.17) is 45.9 Å². The molecule has 10 atom stereocenters. The van der Waals surface area contributed by atoms with Crippen molar-refractivity contribution >= 4 is 88.9 Å². The number of hydrogen-bond acceptors (Lipinski definition) is 17. The van der Waals surface area contributed by atoms with Crippen molar-refractivity contribution in [1.82, 2.24) is 47.9 Å². The molecule has 0 spiro atoms. The number of aliphatic hydroxyl groups excluding tert-OH is 1. The van der Waals surface area contributed by atoms with E-state index in [1.807, 2.05) is 0 Å². The lowest BCUT2D eigenvalue weighted by Gasteiger charge is -2.28.